The van der Waals surface area contributed by atoms with Crippen molar-refractivity contribution in [2.75, 3.05) is 0 Å². The Morgan fingerprint density at radius 1 is 1.17 bits per heavy atom. The van der Waals surface area contributed by atoms with Crippen LogP contribution in [-0.2, 0) is 30.9 Å². The number of fused-ring (bicyclic) bond motifs is 2. The summed E-state index contributed by atoms with van der Waals surface area (Å²) >= 11 is 0. The molecule has 0 aliphatic heterocycles. The molecule has 0 fully saturated rings. The largest absolute Gasteiger partial charge is 0.481 e. The lowest BCUT2D eigenvalue weighted by molar-refractivity contribution is -0.138. The van der Waals surface area contributed by atoms with Gasteiger partial charge in [0.25, 0.3) is 5.56 Å². The van der Waals surface area contributed by atoms with Crippen LogP contribution in [0.4, 0.5) is 13.2 Å². The molecule has 0 saturated heterocycles. The summed E-state index contributed by atoms with van der Waals surface area (Å²) in [5, 5.41) is 8.99. The van der Waals surface area contributed by atoms with Gasteiger partial charge in [-0.25, -0.2) is 0 Å². The zero-order valence-corrected chi connectivity index (χ0v) is 16.3. The number of para-hydroxylation sites is 1. The first kappa shape index (κ1) is 20.2. The van der Waals surface area contributed by atoms with Crippen molar-refractivity contribution in [3.8, 4) is 0 Å². The van der Waals surface area contributed by atoms with Gasteiger partial charge in [0.15, 0.2) is 0 Å². The van der Waals surface area contributed by atoms with E-state index in [1.54, 1.807) is 24.3 Å². The van der Waals surface area contributed by atoms with Crippen LogP contribution in [0.3, 0.4) is 0 Å². The molecule has 7 heteroatoms. The number of aliphatic carboxylic acids is 1. The van der Waals surface area contributed by atoms with Crippen LogP contribution in [-0.4, -0.2) is 15.6 Å². The molecule has 0 saturated carbocycles. The average Bonchev–Trinajstić information content (AvgIpc) is 3.12. The van der Waals surface area contributed by atoms with E-state index in [2.05, 4.69) is 0 Å². The molecule has 1 aromatic heterocycles. The number of hydrogen-bond acceptors (Lipinski definition) is 2. The topological polar surface area (TPSA) is 59.3 Å². The van der Waals surface area contributed by atoms with E-state index in [1.165, 1.54) is 23.7 Å². The predicted molar refractivity (Wildman–Crippen MR) is 107 cm³/mol. The third kappa shape index (κ3) is 3.28. The first-order valence-corrected chi connectivity index (χ1v) is 9.71. The van der Waals surface area contributed by atoms with Crippen molar-refractivity contribution in [1.82, 2.24) is 4.57 Å². The van der Waals surface area contributed by atoms with Gasteiger partial charge in [0.2, 0.25) is 0 Å². The van der Waals surface area contributed by atoms with Crippen LogP contribution >= 0.6 is 0 Å². The number of alkyl halides is 3. The zero-order chi connectivity index (χ0) is 21.6. The summed E-state index contributed by atoms with van der Waals surface area (Å²) in [5.74, 6) is -1.60. The van der Waals surface area contributed by atoms with Crippen molar-refractivity contribution >= 4 is 16.9 Å². The summed E-state index contributed by atoms with van der Waals surface area (Å²) < 4.78 is 43.9. The van der Waals surface area contributed by atoms with Gasteiger partial charge in [-0.15, -0.1) is 0 Å². The molecule has 1 N–H and O–H groups in total. The lowest BCUT2D eigenvalue weighted by Crippen LogP contribution is -2.29. The quantitative estimate of drug-likeness (QED) is 0.675. The highest BCUT2D eigenvalue weighted by Gasteiger charge is 2.41. The fourth-order valence-electron chi connectivity index (χ4n) is 4.65. The lowest BCUT2D eigenvalue weighted by atomic mass is 9.87. The number of carboxylic acid groups (broad SMARTS) is 1. The molecule has 0 spiro atoms. The van der Waals surface area contributed by atoms with Crippen LogP contribution < -0.4 is 5.56 Å². The lowest BCUT2D eigenvalue weighted by Gasteiger charge is -2.22. The number of benzene rings is 2. The Morgan fingerprint density at radius 3 is 2.60 bits per heavy atom. The molecule has 0 amide bonds. The fourth-order valence-corrected chi connectivity index (χ4v) is 4.65. The number of pyridine rings is 1. The van der Waals surface area contributed by atoms with Crippen LogP contribution in [0, 0.1) is 0 Å². The monoisotopic (exact) mass is 415 g/mol. The van der Waals surface area contributed by atoms with Crippen molar-refractivity contribution in [3.63, 3.8) is 0 Å². The van der Waals surface area contributed by atoms with Crippen molar-refractivity contribution in [1.29, 1.82) is 0 Å². The molecule has 1 heterocycles. The number of hydrogen-bond donors (Lipinski definition) is 1. The minimum atomic E-state index is -4.67. The standard InChI is InChI=1S/C23H20F3NO3/c1-27-18-8-3-2-6-17(18)21(23(24,25)26)20(22(27)30)16-11-10-14-13(9-12-19(28)29)5-4-7-15(14)16/h2-8,16H,9-12H2,1H3,(H,28,29)/t16-/m0/s1. The molecule has 0 unspecified atom stereocenters. The zero-order valence-electron chi connectivity index (χ0n) is 16.3. The van der Waals surface area contributed by atoms with Crippen LogP contribution in [0.5, 0.6) is 0 Å². The highest BCUT2D eigenvalue weighted by Crippen LogP contribution is 2.45. The summed E-state index contributed by atoms with van der Waals surface area (Å²) in [6.45, 7) is 0. The van der Waals surface area contributed by atoms with Crippen molar-refractivity contribution in [3.05, 3.63) is 80.6 Å². The molecule has 4 nitrogen and oxygen atoms in total. The molecule has 156 valence electrons. The molecular weight excluding hydrogens is 395 g/mol. The predicted octanol–water partition coefficient (Wildman–Crippen LogP) is 4.65. The first-order valence-electron chi connectivity index (χ1n) is 9.71. The fraction of sp³-hybridized carbons (Fsp3) is 0.304. The average molecular weight is 415 g/mol. The Balaban J connectivity index is 1.95. The molecule has 4 rings (SSSR count). The van der Waals surface area contributed by atoms with Gasteiger partial charge in [0, 0.05) is 30.3 Å². The van der Waals surface area contributed by atoms with E-state index >= 15 is 0 Å². The van der Waals surface area contributed by atoms with Gasteiger partial charge >= 0.3 is 12.1 Å². The van der Waals surface area contributed by atoms with Crippen molar-refractivity contribution < 1.29 is 23.1 Å². The minimum Gasteiger partial charge on any atom is -0.481 e. The molecule has 0 bridgehead atoms. The van der Waals surface area contributed by atoms with Crippen LogP contribution in [0.25, 0.3) is 10.9 Å². The van der Waals surface area contributed by atoms with E-state index < -0.39 is 29.2 Å². The Kier molecular flexibility index (Phi) is 4.92. The van der Waals surface area contributed by atoms with E-state index in [4.69, 9.17) is 5.11 Å². The van der Waals surface area contributed by atoms with E-state index in [0.29, 0.717) is 24.8 Å². The highest BCUT2D eigenvalue weighted by atomic mass is 19.4. The first-order chi connectivity index (χ1) is 14.2. The van der Waals surface area contributed by atoms with E-state index in [9.17, 15) is 22.8 Å². The summed E-state index contributed by atoms with van der Waals surface area (Å²) in [4.78, 5) is 24.1. The number of carbonyl (C=O) groups is 1. The summed E-state index contributed by atoms with van der Waals surface area (Å²) in [6.07, 6.45) is -3.51. The number of aromatic nitrogens is 1. The molecule has 1 aliphatic carbocycles. The van der Waals surface area contributed by atoms with Crippen LogP contribution in [0.2, 0.25) is 0 Å². The highest BCUT2D eigenvalue weighted by molar-refractivity contribution is 5.84. The van der Waals surface area contributed by atoms with Gasteiger partial charge < -0.3 is 9.67 Å². The normalized spacial score (nSPS) is 16.1. The van der Waals surface area contributed by atoms with Gasteiger partial charge in [-0.3, -0.25) is 9.59 Å². The molecule has 30 heavy (non-hydrogen) atoms. The van der Waals surface area contributed by atoms with Gasteiger partial charge in [0.05, 0.1) is 11.1 Å². The van der Waals surface area contributed by atoms with Gasteiger partial charge in [0.1, 0.15) is 0 Å². The number of rotatable bonds is 4. The maximum absolute atomic E-state index is 14.2. The maximum Gasteiger partial charge on any atom is 0.417 e. The number of halogens is 3. The van der Waals surface area contributed by atoms with E-state index in [0.717, 1.165) is 11.1 Å². The molecular formula is C23H20F3NO3. The summed E-state index contributed by atoms with van der Waals surface area (Å²) in [7, 11) is 1.49. The maximum atomic E-state index is 14.2. The van der Waals surface area contributed by atoms with Gasteiger partial charge in [-0.2, -0.15) is 13.2 Å². The van der Waals surface area contributed by atoms with E-state index in [1.807, 2.05) is 6.07 Å². The van der Waals surface area contributed by atoms with Gasteiger partial charge in [-0.1, -0.05) is 36.4 Å². The van der Waals surface area contributed by atoms with Gasteiger partial charge in [-0.05, 0) is 42.0 Å². The number of carboxylic acids is 1. The van der Waals surface area contributed by atoms with Crippen molar-refractivity contribution in [2.45, 2.75) is 37.8 Å². The Bertz CT molecular complexity index is 1210. The minimum absolute atomic E-state index is 0.0116. The Morgan fingerprint density at radius 2 is 1.90 bits per heavy atom. The molecule has 1 aliphatic rings. The third-order valence-electron chi connectivity index (χ3n) is 5.95. The van der Waals surface area contributed by atoms with Crippen LogP contribution in [0.1, 0.15) is 46.6 Å². The molecule has 1 atom stereocenters. The van der Waals surface area contributed by atoms with Crippen molar-refractivity contribution in [2.24, 2.45) is 7.05 Å². The van der Waals surface area contributed by atoms with E-state index in [-0.39, 0.29) is 22.9 Å². The molecule has 0 radical (unpaired) electrons. The summed E-state index contributed by atoms with van der Waals surface area (Å²) in [5.41, 5.74) is 0.890. The smallest absolute Gasteiger partial charge is 0.417 e. The summed E-state index contributed by atoms with van der Waals surface area (Å²) in [6, 6.07) is 11.4. The second-order valence-electron chi connectivity index (χ2n) is 7.64. The molecule has 3 aromatic rings. The number of nitrogens with zero attached hydrogens (tertiary/aromatic N) is 1. The third-order valence-corrected chi connectivity index (χ3v) is 5.95. The van der Waals surface area contributed by atoms with Crippen LogP contribution in [0.15, 0.2) is 47.3 Å². The second kappa shape index (κ2) is 7.31. The number of aryl methyl sites for hydroxylation is 2. The Hall–Kier alpha value is -3.09. The SMILES string of the molecule is Cn1c(=O)c([C@H]2CCc3c(CCC(=O)O)cccc32)c(C(F)(F)F)c2ccccc21. The second-order valence-corrected chi connectivity index (χ2v) is 7.64. The molecule has 2 aromatic carbocycles. The Labute approximate surface area is 170 Å².